The number of quaternary nitrogens is 1. The Balaban J connectivity index is 1.40. The molecule has 6 nitrogen and oxygen atoms in total. The van der Waals surface area contributed by atoms with Crippen LogP contribution in [-0.2, 0) is 6.54 Å². The van der Waals surface area contributed by atoms with Crippen molar-refractivity contribution in [1.82, 2.24) is 15.3 Å². The number of H-pyrrole nitrogens is 1. The smallest absolute Gasteiger partial charge is 0.261 e. The van der Waals surface area contributed by atoms with Crippen molar-refractivity contribution >= 4 is 16.8 Å². The predicted molar refractivity (Wildman–Crippen MR) is 108 cm³/mol. The topological polar surface area (TPSA) is 79.3 Å². The molecule has 2 aromatic heterocycles. The maximum Gasteiger partial charge on any atom is 0.261 e. The van der Waals surface area contributed by atoms with Crippen molar-refractivity contribution < 1.29 is 9.69 Å². The van der Waals surface area contributed by atoms with Gasteiger partial charge in [-0.1, -0.05) is 30.3 Å². The van der Waals surface area contributed by atoms with Crippen LogP contribution in [0.15, 0.2) is 53.5 Å². The fourth-order valence-electron chi connectivity index (χ4n) is 3.93. The molecule has 1 aliphatic rings. The van der Waals surface area contributed by atoms with Gasteiger partial charge in [-0.2, -0.15) is 0 Å². The number of carbonyl (C=O) groups excluding carboxylic acids is 1. The molecule has 1 aliphatic heterocycles. The standard InChI is InChI=1S/C22H24N4O2/c1-15-18-13-19(22(28)25-20(18)7-10-23-15)21(27)24-17-8-11-26(12-9-17)14-16-5-3-2-4-6-16/h2-7,10,13,17H,8-9,11-12,14H2,1H3,(H,24,27)(H,25,28)/p+1. The number of nitrogens with one attached hydrogen (secondary N) is 3. The monoisotopic (exact) mass is 377 g/mol. The molecule has 0 atom stereocenters. The highest BCUT2D eigenvalue weighted by Gasteiger charge is 2.24. The summed E-state index contributed by atoms with van der Waals surface area (Å²) in [5, 5.41) is 3.85. The number of aromatic amines is 1. The van der Waals surface area contributed by atoms with Gasteiger partial charge < -0.3 is 15.2 Å². The number of rotatable bonds is 4. The quantitative estimate of drug-likeness (QED) is 0.639. The highest BCUT2D eigenvalue weighted by Crippen LogP contribution is 2.13. The summed E-state index contributed by atoms with van der Waals surface area (Å²) in [7, 11) is 0. The van der Waals surface area contributed by atoms with Crippen LogP contribution in [0.4, 0.5) is 0 Å². The number of pyridine rings is 2. The minimum Gasteiger partial charge on any atom is -0.349 e. The van der Waals surface area contributed by atoms with E-state index in [1.807, 2.05) is 13.0 Å². The summed E-state index contributed by atoms with van der Waals surface area (Å²) in [6.45, 7) is 4.90. The highest BCUT2D eigenvalue weighted by atomic mass is 16.2. The average Bonchev–Trinajstić information content (AvgIpc) is 2.70. The number of benzene rings is 1. The number of hydrogen-bond acceptors (Lipinski definition) is 3. The van der Waals surface area contributed by atoms with E-state index in [0.29, 0.717) is 5.52 Å². The molecule has 3 N–H and O–H groups in total. The molecule has 0 saturated carbocycles. The molecule has 0 radical (unpaired) electrons. The molecule has 1 saturated heterocycles. The summed E-state index contributed by atoms with van der Waals surface area (Å²) in [6, 6.07) is 14.0. The predicted octanol–water partition coefficient (Wildman–Crippen LogP) is 1.21. The highest BCUT2D eigenvalue weighted by molar-refractivity contribution is 5.97. The summed E-state index contributed by atoms with van der Waals surface area (Å²) < 4.78 is 0. The zero-order valence-electron chi connectivity index (χ0n) is 16.0. The molecule has 3 aromatic rings. The molecule has 6 heteroatoms. The van der Waals surface area contributed by atoms with Gasteiger partial charge in [0.25, 0.3) is 11.5 Å². The Labute approximate surface area is 163 Å². The van der Waals surface area contributed by atoms with Gasteiger partial charge in [0.15, 0.2) is 0 Å². The van der Waals surface area contributed by atoms with Crippen molar-refractivity contribution in [2.75, 3.05) is 13.1 Å². The van der Waals surface area contributed by atoms with Gasteiger partial charge in [0, 0.05) is 41.7 Å². The first-order valence-electron chi connectivity index (χ1n) is 9.77. The summed E-state index contributed by atoms with van der Waals surface area (Å²) in [6.07, 6.45) is 3.48. The van der Waals surface area contributed by atoms with E-state index in [1.165, 1.54) is 10.5 Å². The van der Waals surface area contributed by atoms with E-state index >= 15 is 0 Å². The molecule has 1 fully saturated rings. The molecule has 1 amide bonds. The van der Waals surface area contributed by atoms with Crippen LogP contribution in [-0.4, -0.2) is 35.0 Å². The maximum atomic E-state index is 12.7. The third kappa shape index (κ3) is 3.97. The molecular weight excluding hydrogens is 352 g/mol. The maximum absolute atomic E-state index is 12.7. The number of piperidine rings is 1. The number of amides is 1. The van der Waals surface area contributed by atoms with Gasteiger partial charge in [0.2, 0.25) is 0 Å². The minimum atomic E-state index is -0.359. The lowest BCUT2D eigenvalue weighted by molar-refractivity contribution is -0.918. The second kappa shape index (κ2) is 7.94. The van der Waals surface area contributed by atoms with Crippen molar-refractivity contribution in [3.05, 3.63) is 75.8 Å². The molecule has 144 valence electrons. The van der Waals surface area contributed by atoms with E-state index in [2.05, 4.69) is 39.6 Å². The third-order valence-electron chi connectivity index (χ3n) is 5.54. The normalized spacial score (nSPS) is 19.5. The van der Waals surface area contributed by atoms with Crippen molar-refractivity contribution in [3.63, 3.8) is 0 Å². The lowest BCUT2D eigenvalue weighted by Crippen LogP contribution is -3.12. The minimum absolute atomic E-state index is 0.108. The molecular formula is C22H25N4O2+. The number of likely N-dealkylation sites (tertiary alicyclic amines) is 1. The van der Waals surface area contributed by atoms with Crippen LogP contribution < -0.4 is 15.8 Å². The largest absolute Gasteiger partial charge is 0.349 e. The zero-order chi connectivity index (χ0) is 19.5. The van der Waals surface area contributed by atoms with Crippen LogP contribution in [0.1, 0.15) is 34.5 Å². The van der Waals surface area contributed by atoms with E-state index in [4.69, 9.17) is 0 Å². The van der Waals surface area contributed by atoms with Gasteiger partial charge >= 0.3 is 0 Å². The van der Waals surface area contributed by atoms with Crippen LogP contribution in [0, 0.1) is 6.92 Å². The SMILES string of the molecule is Cc1nccc2[nH]c(=O)c(C(=O)NC3CC[NH+](Cc4ccccc4)CC3)cc12. The van der Waals surface area contributed by atoms with Crippen molar-refractivity contribution in [2.24, 2.45) is 0 Å². The number of aryl methyl sites for hydroxylation is 1. The first kappa shape index (κ1) is 18.4. The Morgan fingerprint density at radius 2 is 1.96 bits per heavy atom. The Morgan fingerprint density at radius 3 is 2.71 bits per heavy atom. The van der Waals surface area contributed by atoms with Gasteiger partial charge in [-0.25, -0.2) is 0 Å². The Hall–Kier alpha value is -2.99. The van der Waals surface area contributed by atoms with Gasteiger partial charge in [-0.3, -0.25) is 14.6 Å². The molecule has 0 unspecified atom stereocenters. The first-order chi connectivity index (χ1) is 13.6. The summed E-state index contributed by atoms with van der Waals surface area (Å²) in [5.41, 5.74) is 2.63. The molecule has 3 heterocycles. The van der Waals surface area contributed by atoms with E-state index in [9.17, 15) is 9.59 Å². The second-order valence-electron chi connectivity index (χ2n) is 7.53. The molecule has 0 bridgehead atoms. The summed E-state index contributed by atoms with van der Waals surface area (Å²) in [5.74, 6) is -0.303. The zero-order valence-corrected chi connectivity index (χ0v) is 16.0. The molecule has 0 spiro atoms. The number of hydrogen-bond donors (Lipinski definition) is 3. The number of nitrogens with zero attached hydrogens (tertiary/aromatic N) is 1. The average molecular weight is 377 g/mol. The Kier molecular flexibility index (Phi) is 5.21. The van der Waals surface area contributed by atoms with Crippen molar-refractivity contribution in [3.8, 4) is 0 Å². The van der Waals surface area contributed by atoms with Crippen LogP contribution in [0.3, 0.4) is 0 Å². The first-order valence-corrected chi connectivity index (χ1v) is 9.77. The van der Waals surface area contributed by atoms with Crippen molar-refractivity contribution in [1.29, 1.82) is 0 Å². The fraction of sp³-hybridized carbons (Fsp3) is 0.318. The lowest BCUT2D eigenvalue weighted by atomic mass is 10.0. The van der Waals surface area contributed by atoms with E-state index < -0.39 is 0 Å². The van der Waals surface area contributed by atoms with Gasteiger partial charge in [-0.05, 0) is 19.1 Å². The summed E-state index contributed by atoms with van der Waals surface area (Å²) >= 11 is 0. The summed E-state index contributed by atoms with van der Waals surface area (Å²) in [4.78, 5) is 33.6. The second-order valence-corrected chi connectivity index (χ2v) is 7.53. The molecule has 28 heavy (non-hydrogen) atoms. The van der Waals surface area contributed by atoms with Gasteiger partial charge in [0.1, 0.15) is 12.1 Å². The van der Waals surface area contributed by atoms with Crippen LogP contribution in [0.25, 0.3) is 10.9 Å². The molecule has 1 aromatic carbocycles. The number of fused-ring (bicyclic) bond motifs is 1. The van der Waals surface area contributed by atoms with Crippen molar-refractivity contribution in [2.45, 2.75) is 32.4 Å². The van der Waals surface area contributed by atoms with E-state index in [0.717, 1.165) is 43.6 Å². The van der Waals surface area contributed by atoms with E-state index in [1.54, 1.807) is 18.3 Å². The molecule has 4 rings (SSSR count). The number of carbonyl (C=O) groups is 1. The van der Waals surface area contributed by atoms with Crippen LogP contribution in [0.5, 0.6) is 0 Å². The van der Waals surface area contributed by atoms with Gasteiger partial charge in [-0.15, -0.1) is 0 Å². The lowest BCUT2D eigenvalue weighted by Gasteiger charge is -2.29. The van der Waals surface area contributed by atoms with Crippen LogP contribution in [0.2, 0.25) is 0 Å². The molecule has 0 aliphatic carbocycles. The van der Waals surface area contributed by atoms with Gasteiger partial charge in [0.05, 0.1) is 18.6 Å². The fourth-order valence-corrected chi connectivity index (χ4v) is 3.93. The van der Waals surface area contributed by atoms with E-state index in [-0.39, 0.29) is 23.1 Å². The third-order valence-corrected chi connectivity index (χ3v) is 5.54. The van der Waals surface area contributed by atoms with Crippen LogP contribution >= 0.6 is 0 Å². The number of aromatic nitrogens is 2. The Morgan fingerprint density at radius 1 is 1.21 bits per heavy atom. The Bertz CT molecular complexity index is 1040.